The van der Waals surface area contributed by atoms with Crippen LogP contribution in [-0.2, 0) is 22.6 Å². The summed E-state index contributed by atoms with van der Waals surface area (Å²) < 4.78 is 7.65. The summed E-state index contributed by atoms with van der Waals surface area (Å²) in [5.41, 5.74) is 12.7. The quantitative estimate of drug-likeness (QED) is 0.593. The van der Waals surface area contributed by atoms with E-state index in [1.807, 2.05) is 6.07 Å². The monoisotopic (exact) mass is 372 g/mol. The number of methoxy groups -OCH3 is 1. The van der Waals surface area contributed by atoms with Gasteiger partial charge >= 0.3 is 11.9 Å². The number of ether oxygens (including phenoxy) is 1. The Morgan fingerprint density at radius 3 is 2.37 bits per heavy atom. The van der Waals surface area contributed by atoms with E-state index in [1.165, 1.54) is 28.1 Å². The highest BCUT2D eigenvalue weighted by molar-refractivity contribution is 5.89. The number of aryl methyl sites for hydroxylation is 1. The number of rotatable bonds is 5. The van der Waals surface area contributed by atoms with Gasteiger partial charge in [-0.1, -0.05) is 0 Å². The molecule has 1 aromatic carbocycles. The van der Waals surface area contributed by atoms with Crippen LogP contribution < -0.4 is 10.5 Å². The van der Waals surface area contributed by atoms with E-state index in [9.17, 15) is 9.59 Å². The van der Waals surface area contributed by atoms with Gasteiger partial charge in [0.05, 0.1) is 12.8 Å². The second-order valence-corrected chi connectivity index (χ2v) is 6.46. The molecular formula is C20H24N2O5. The van der Waals surface area contributed by atoms with Crippen LogP contribution in [0.3, 0.4) is 0 Å². The third kappa shape index (κ3) is 4.98. The van der Waals surface area contributed by atoms with Crippen LogP contribution in [0, 0.1) is 6.92 Å². The Morgan fingerprint density at radius 1 is 1.22 bits per heavy atom. The zero-order valence-corrected chi connectivity index (χ0v) is 15.6. The second kappa shape index (κ2) is 8.55. The van der Waals surface area contributed by atoms with Crippen molar-refractivity contribution in [2.45, 2.75) is 32.9 Å². The van der Waals surface area contributed by atoms with Gasteiger partial charge in [-0.15, -0.1) is 0 Å². The number of benzene rings is 1. The van der Waals surface area contributed by atoms with E-state index in [0.29, 0.717) is 12.2 Å². The fourth-order valence-corrected chi connectivity index (χ4v) is 3.15. The standard InChI is InChI=1S/C16H20N2O.C4H4O4/c1-10(17)9-18-11(2)6-13-7-12-8-14(19-3)4-5-15(12)16(13)18;5-3(6)1-2-4(7)8/h4-6,8,10H,7,9,17H2,1-3H3;1-2H,(H,5,6)(H,7,8)/b;2-1+/t10-;/m0./s1. The van der Waals surface area contributed by atoms with Crippen LogP contribution in [0.25, 0.3) is 11.3 Å². The molecule has 0 amide bonds. The van der Waals surface area contributed by atoms with E-state index in [0.717, 1.165) is 18.7 Å². The first kappa shape index (κ1) is 20.3. The maximum absolute atomic E-state index is 9.55. The number of nitrogens with zero attached hydrogens (tertiary/aromatic N) is 1. The number of nitrogens with two attached hydrogens (primary N) is 1. The number of hydrogen-bond acceptors (Lipinski definition) is 4. The molecule has 1 aliphatic rings. The largest absolute Gasteiger partial charge is 0.497 e. The predicted octanol–water partition coefficient (Wildman–Crippen LogP) is 2.44. The van der Waals surface area contributed by atoms with E-state index >= 15 is 0 Å². The minimum Gasteiger partial charge on any atom is -0.497 e. The molecule has 0 radical (unpaired) electrons. The Balaban J connectivity index is 0.000000279. The van der Waals surface area contributed by atoms with Crippen molar-refractivity contribution in [3.8, 4) is 17.0 Å². The van der Waals surface area contributed by atoms with Crippen LogP contribution in [0.15, 0.2) is 36.4 Å². The number of aliphatic carboxylic acids is 2. The molecule has 1 aromatic heterocycles. The van der Waals surface area contributed by atoms with Gasteiger partial charge in [-0.25, -0.2) is 9.59 Å². The molecule has 144 valence electrons. The van der Waals surface area contributed by atoms with Crippen LogP contribution in [0.2, 0.25) is 0 Å². The number of fused-ring (bicyclic) bond motifs is 3. The fourth-order valence-electron chi connectivity index (χ4n) is 3.15. The van der Waals surface area contributed by atoms with Gasteiger partial charge in [-0.3, -0.25) is 0 Å². The Hall–Kier alpha value is -3.06. The Labute approximate surface area is 157 Å². The van der Waals surface area contributed by atoms with Gasteiger partial charge in [-0.2, -0.15) is 0 Å². The van der Waals surface area contributed by atoms with Gasteiger partial charge < -0.3 is 25.3 Å². The number of carboxylic acids is 2. The lowest BCUT2D eigenvalue weighted by Crippen LogP contribution is -2.23. The summed E-state index contributed by atoms with van der Waals surface area (Å²) in [7, 11) is 1.71. The molecular weight excluding hydrogens is 348 g/mol. The van der Waals surface area contributed by atoms with Gasteiger partial charge in [-0.05, 0) is 49.2 Å². The smallest absolute Gasteiger partial charge is 0.328 e. The third-order valence-electron chi connectivity index (χ3n) is 4.17. The fraction of sp³-hybridized carbons (Fsp3) is 0.300. The van der Waals surface area contributed by atoms with Crippen molar-refractivity contribution in [1.82, 2.24) is 4.57 Å². The lowest BCUT2D eigenvalue weighted by molar-refractivity contribution is -0.134. The highest BCUT2D eigenvalue weighted by Gasteiger charge is 2.24. The Bertz CT molecular complexity index is 865. The van der Waals surface area contributed by atoms with Crippen LogP contribution in [0.5, 0.6) is 5.75 Å². The van der Waals surface area contributed by atoms with Crippen molar-refractivity contribution >= 4 is 11.9 Å². The van der Waals surface area contributed by atoms with Gasteiger partial charge in [0.15, 0.2) is 0 Å². The van der Waals surface area contributed by atoms with E-state index < -0.39 is 11.9 Å². The normalized spacial score (nSPS) is 12.7. The maximum Gasteiger partial charge on any atom is 0.328 e. The summed E-state index contributed by atoms with van der Waals surface area (Å²) in [4.78, 5) is 19.1. The molecule has 1 aliphatic carbocycles. The van der Waals surface area contributed by atoms with E-state index in [4.69, 9.17) is 20.7 Å². The molecule has 4 N–H and O–H groups in total. The average molecular weight is 372 g/mol. The second-order valence-electron chi connectivity index (χ2n) is 6.46. The van der Waals surface area contributed by atoms with E-state index in [2.05, 4.69) is 36.6 Å². The van der Waals surface area contributed by atoms with Crippen LogP contribution in [0.4, 0.5) is 0 Å². The van der Waals surface area contributed by atoms with Crippen molar-refractivity contribution in [3.05, 3.63) is 53.2 Å². The SMILES string of the molecule is COc1ccc2c(c1)Cc1cc(C)n(C[C@H](C)N)c1-2.O=C(O)/C=C/C(=O)O. The molecule has 0 unspecified atom stereocenters. The Kier molecular flexibility index (Phi) is 6.41. The van der Waals surface area contributed by atoms with E-state index in [1.54, 1.807) is 7.11 Å². The maximum atomic E-state index is 9.55. The summed E-state index contributed by atoms with van der Waals surface area (Å²) in [6.45, 7) is 5.08. The molecule has 0 aliphatic heterocycles. The predicted molar refractivity (Wildman–Crippen MR) is 102 cm³/mol. The zero-order valence-electron chi connectivity index (χ0n) is 15.6. The highest BCUT2D eigenvalue weighted by atomic mass is 16.5. The van der Waals surface area contributed by atoms with Crippen LogP contribution in [-0.4, -0.2) is 39.9 Å². The molecule has 0 spiro atoms. The lowest BCUT2D eigenvalue weighted by atomic mass is 10.1. The van der Waals surface area contributed by atoms with Crippen molar-refractivity contribution in [2.24, 2.45) is 5.73 Å². The lowest BCUT2D eigenvalue weighted by Gasteiger charge is -2.14. The molecule has 3 rings (SSSR count). The first-order chi connectivity index (χ1) is 12.7. The molecule has 0 bridgehead atoms. The molecule has 7 nitrogen and oxygen atoms in total. The topological polar surface area (TPSA) is 115 Å². The van der Waals surface area contributed by atoms with Gasteiger partial charge in [0, 0.05) is 42.4 Å². The van der Waals surface area contributed by atoms with Crippen molar-refractivity contribution in [1.29, 1.82) is 0 Å². The molecule has 7 heteroatoms. The van der Waals surface area contributed by atoms with Gasteiger partial charge in [0.1, 0.15) is 5.75 Å². The number of carbonyl (C=O) groups is 2. The average Bonchev–Trinajstić information content (AvgIpc) is 3.08. The molecule has 27 heavy (non-hydrogen) atoms. The van der Waals surface area contributed by atoms with Crippen molar-refractivity contribution in [2.75, 3.05) is 7.11 Å². The first-order valence-corrected chi connectivity index (χ1v) is 8.48. The number of aromatic nitrogens is 1. The number of carboxylic acid groups (broad SMARTS) is 2. The van der Waals surface area contributed by atoms with Crippen molar-refractivity contribution in [3.63, 3.8) is 0 Å². The van der Waals surface area contributed by atoms with Crippen LogP contribution in [0.1, 0.15) is 23.7 Å². The summed E-state index contributed by atoms with van der Waals surface area (Å²) in [5, 5.41) is 15.6. The summed E-state index contributed by atoms with van der Waals surface area (Å²) >= 11 is 0. The zero-order chi connectivity index (χ0) is 20.1. The molecule has 2 aromatic rings. The summed E-state index contributed by atoms with van der Waals surface area (Å²) in [5.74, 6) is -1.58. The minimum atomic E-state index is -1.26. The first-order valence-electron chi connectivity index (χ1n) is 8.48. The molecule has 1 heterocycles. The minimum absolute atomic E-state index is 0.164. The highest BCUT2D eigenvalue weighted by Crippen LogP contribution is 2.40. The molecule has 0 saturated heterocycles. The summed E-state index contributed by atoms with van der Waals surface area (Å²) in [6, 6.07) is 8.78. The number of hydrogen-bond donors (Lipinski definition) is 3. The Morgan fingerprint density at radius 2 is 1.85 bits per heavy atom. The third-order valence-corrected chi connectivity index (χ3v) is 4.17. The summed E-state index contributed by atoms with van der Waals surface area (Å²) in [6.07, 6.45) is 2.11. The van der Waals surface area contributed by atoms with Gasteiger partial charge in [0.2, 0.25) is 0 Å². The molecule has 0 saturated carbocycles. The molecule has 0 fully saturated rings. The van der Waals surface area contributed by atoms with Crippen molar-refractivity contribution < 1.29 is 24.5 Å². The van der Waals surface area contributed by atoms with Crippen LogP contribution >= 0.6 is 0 Å². The van der Waals surface area contributed by atoms with E-state index in [-0.39, 0.29) is 6.04 Å². The molecule has 1 atom stereocenters. The van der Waals surface area contributed by atoms with Gasteiger partial charge in [0.25, 0.3) is 0 Å².